The number of rotatable bonds is 3. The number of aromatic hydroxyl groups is 1. The fourth-order valence-corrected chi connectivity index (χ4v) is 2.25. The van der Waals surface area contributed by atoms with E-state index in [1.54, 1.807) is 33.0 Å². The summed E-state index contributed by atoms with van der Waals surface area (Å²) in [6.45, 7) is 5.89. The lowest BCUT2D eigenvalue weighted by Crippen LogP contribution is -2.35. The molecule has 6 heteroatoms. The molecule has 2 rings (SSSR count). The van der Waals surface area contributed by atoms with Gasteiger partial charge >= 0.3 is 0 Å². The molecule has 1 N–H and O–H groups in total. The Hall–Kier alpha value is -2.37. The molecule has 0 aromatic carbocycles. The first kappa shape index (κ1) is 15.0. The Balaban J connectivity index is 2.91. The molecule has 0 saturated heterocycles. The number of amides is 1. The molecule has 0 saturated carbocycles. The molecular formula is C15H19N3O3. The molecule has 2 aromatic rings. The summed E-state index contributed by atoms with van der Waals surface area (Å²) in [4.78, 5) is 30.6. The van der Waals surface area contributed by atoms with Gasteiger partial charge in [-0.3, -0.25) is 19.1 Å². The largest absolute Gasteiger partial charge is 0.505 e. The Kier molecular flexibility index (Phi) is 3.97. The highest BCUT2D eigenvalue weighted by molar-refractivity contribution is 6.00. The summed E-state index contributed by atoms with van der Waals surface area (Å²) in [5, 5.41) is 10.8. The van der Waals surface area contributed by atoms with Crippen molar-refractivity contribution in [3.63, 3.8) is 0 Å². The van der Waals surface area contributed by atoms with Crippen LogP contribution in [0, 0.1) is 0 Å². The van der Waals surface area contributed by atoms with Gasteiger partial charge in [0.25, 0.3) is 11.5 Å². The minimum absolute atomic E-state index is 0.0138. The van der Waals surface area contributed by atoms with Crippen LogP contribution in [0.4, 0.5) is 0 Å². The number of pyridine rings is 2. The van der Waals surface area contributed by atoms with Gasteiger partial charge in [0.1, 0.15) is 5.52 Å². The molecule has 21 heavy (non-hydrogen) atoms. The zero-order chi connectivity index (χ0) is 15.7. The normalized spacial score (nSPS) is 11.1. The summed E-state index contributed by atoms with van der Waals surface area (Å²) in [6.07, 6.45) is 1.49. The summed E-state index contributed by atoms with van der Waals surface area (Å²) >= 11 is 0. The van der Waals surface area contributed by atoms with E-state index in [4.69, 9.17) is 0 Å². The zero-order valence-corrected chi connectivity index (χ0v) is 12.6. The standard InChI is InChI=1S/C15H19N3O3/c1-5-17(4)15(21)12-13(19)10-7-6-8-16-11(10)14(20)18(12)9(2)3/h6-9,19H,5H2,1-4H3. The first-order valence-corrected chi connectivity index (χ1v) is 6.87. The van der Waals surface area contributed by atoms with E-state index in [1.165, 1.54) is 15.7 Å². The first-order chi connectivity index (χ1) is 9.90. The van der Waals surface area contributed by atoms with Crippen molar-refractivity contribution in [3.05, 3.63) is 34.4 Å². The van der Waals surface area contributed by atoms with Crippen LogP contribution in [-0.4, -0.2) is 39.1 Å². The minimum Gasteiger partial charge on any atom is -0.505 e. The maximum Gasteiger partial charge on any atom is 0.278 e. The lowest BCUT2D eigenvalue weighted by atomic mass is 10.1. The van der Waals surface area contributed by atoms with Crippen molar-refractivity contribution in [2.45, 2.75) is 26.8 Å². The van der Waals surface area contributed by atoms with Gasteiger partial charge in [-0.05, 0) is 32.9 Å². The molecule has 1 amide bonds. The van der Waals surface area contributed by atoms with E-state index in [-0.39, 0.29) is 34.5 Å². The quantitative estimate of drug-likeness (QED) is 0.934. The average Bonchev–Trinajstić information content (AvgIpc) is 2.48. The molecule has 0 radical (unpaired) electrons. The molecule has 6 nitrogen and oxygen atoms in total. The number of carbonyl (C=O) groups is 1. The van der Waals surface area contributed by atoms with Crippen LogP contribution in [0.15, 0.2) is 23.1 Å². The van der Waals surface area contributed by atoms with Crippen molar-refractivity contribution < 1.29 is 9.90 Å². The van der Waals surface area contributed by atoms with Gasteiger partial charge in [-0.1, -0.05) is 0 Å². The van der Waals surface area contributed by atoms with Gasteiger partial charge < -0.3 is 10.0 Å². The number of aromatic nitrogens is 2. The van der Waals surface area contributed by atoms with E-state index in [2.05, 4.69) is 4.98 Å². The van der Waals surface area contributed by atoms with E-state index in [9.17, 15) is 14.7 Å². The smallest absolute Gasteiger partial charge is 0.278 e. The zero-order valence-electron chi connectivity index (χ0n) is 12.6. The van der Waals surface area contributed by atoms with Gasteiger partial charge in [0.05, 0.1) is 5.39 Å². The van der Waals surface area contributed by atoms with Crippen LogP contribution in [0.25, 0.3) is 10.9 Å². The molecule has 2 heterocycles. The Bertz CT molecular complexity index is 750. The lowest BCUT2D eigenvalue weighted by Gasteiger charge is -2.22. The summed E-state index contributed by atoms with van der Waals surface area (Å²) < 4.78 is 1.30. The molecule has 0 bridgehead atoms. The molecule has 0 aliphatic heterocycles. The molecular weight excluding hydrogens is 270 g/mol. The van der Waals surface area contributed by atoms with Gasteiger partial charge in [0, 0.05) is 25.8 Å². The van der Waals surface area contributed by atoms with Crippen LogP contribution < -0.4 is 5.56 Å². The molecule has 0 unspecified atom stereocenters. The fraction of sp³-hybridized carbons (Fsp3) is 0.400. The van der Waals surface area contributed by atoms with Gasteiger partial charge in [-0.25, -0.2) is 0 Å². The highest BCUT2D eigenvalue weighted by Crippen LogP contribution is 2.27. The van der Waals surface area contributed by atoms with Crippen LogP contribution in [-0.2, 0) is 0 Å². The fourth-order valence-electron chi connectivity index (χ4n) is 2.25. The van der Waals surface area contributed by atoms with Gasteiger partial charge in [-0.15, -0.1) is 0 Å². The molecule has 0 aliphatic carbocycles. The summed E-state index contributed by atoms with van der Waals surface area (Å²) in [5.41, 5.74) is -0.189. The number of fused-ring (bicyclic) bond motifs is 1. The Morgan fingerprint density at radius 3 is 2.71 bits per heavy atom. The van der Waals surface area contributed by atoms with Crippen LogP contribution in [0.1, 0.15) is 37.3 Å². The second-order valence-electron chi connectivity index (χ2n) is 5.19. The van der Waals surface area contributed by atoms with E-state index in [0.717, 1.165) is 0 Å². The third-order valence-corrected chi connectivity index (χ3v) is 3.49. The average molecular weight is 289 g/mol. The molecule has 0 aliphatic rings. The monoisotopic (exact) mass is 289 g/mol. The van der Waals surface area contributed by atoms with E-state index in [1.807, 2.05) is 6.92 Å². The number of carbonyl (C=O) groups excluding carboxylic acids is 1. The third kappa shape index (κ3) is 2.37. The maximum absolute atomic E-state index is 12.6. The van der Waals surface area contributed by atoms with Gasteiger partial charge in [0.15, 0.2) is 11.4 Å². The molecule has 0 fully saturated rings. The Morgan fingerprint density at radius 2 is 2.14 bits per heavy atom. The lowest BCUT2D eigenvalue weighted by molar-refractivity contribution is 0.0785. The van der Waals surface area contributed by atoms with Crippen LogP contribution >= 0.6 is 0 Å². The molecule has 0 spiro atoms. The van der Waals surface area contributed by atoms with Crippen molar-refractivity contribution >= 4 is 16.8 Å². The van der Waals surface area contributed by atoms with Crippen molar-refractivity contribution in [1.82, 2.24) is 14.5 Å². The SMILES string of the molecule is CCN(C)C(=O)c1c(O)c2cccnc2c(=O)n1C(C)C. The molecule has 112 valence electrons. The predicted molar refractivity (Wildman–Crippen MR) is 80.7 cm³/mol. The maximum atomic E-state index is 12.6. The predicted octanol–water partition coefficient (Wildman–Crippen LogP) is 1.77. The summed E-state index contributed by atoms with van der Waals surface area (Å²) in [7, 11) is 1.63. The van der Waals surface area contributed by atoms with E-state index >= 15 is 0 Å². The van der Waals surface area contributed by atoms with Crippen LogP contribution in [0.5, 0.6) is 5.75 Å². The topological polar surface area (TPSA) is 75.4 Å². The minimum atomic E-state index is -0.383. The van der Waals surface area contributed by atoms with Crippen LogP contribution in [0.3, 0.4) is 0 Å². The second kappa shape index (κ2) is 5.55. The third-order valence-electron chi connectivity index (χ3n) is 3.49. The first-order valence-electron chi connectivity index (χ1n) is 6.87. The van der Waals surface area contributed by atoms with E-state index in [0.29, 0.717) is 11.9 Å². The van der Waals surface area contributed by atoms with Crippen LogP contribution in [0.2, 0.25) is 0 Å². The summed E-state index contributed by atoms with van der Waals surface area (Å²) in [5.74, 6) is -0.580. The number of hydrogen-bond acceptors (Lipinski definition) is 4. The van der Waals surface area contributed by atoms with Gasteiger partial charge in [-0.2, -0.15) is 0 Å². The van der Waals surface area contributed by atoms with Gasteiger partial charge in [0.2, 0.25) is 0 Å². The van der Waals surface area contributed by atoms with E-state index < -0.39 is 0 Å². The van der Waals surface area contributed by atoms with Crippen molar-refractivity contribution in [1.29, 1.82) is 0 Å². The second-order valence-corrected chi connectivity index (χ2v) is 5.19. The Labute approximate surface area is 122 Å². The highest BCUT2D eigenvalue weighted by atomic mass is 16.3. The summed E-state index contributed by atoms with van der Waals surface area (Å²) in [6, 6.07) is 2.95. The molecule has 2 aromatic heterocycles. The molecule has 0 atom stereocenters. The van der Waals surface area contributed by atoms with Crippen molar-refractivity contribution in [2.75, 3.05) is 13.6 Å². The van der Waals surface area contributed by atoms with Crippen molar-refractivity contribution in [3.8, 4) is 5.75 Å². The number of nitrogens with zero attached hydrogens (tertiary/aromatic N) is 3. The highest BCUT2D eigenvalue weighted by Gasteiger charge is 2.25. The van der Waals surface area contributed by atoms with Crippen molar-refractivity contribution in [2.24, 2.45) is 0 Å². The number of hydrogen-bond donors (Lipinski definition) is 1. The Morgan fingerprint density at radius 1 is 1.48 bits per heavy atom.